The van der Waals surface area contributed by atoms with Gasteiger partial charge in [0.15, 0.2) is 5.96 Å². The molecule has 0 radical (unpaired) electrons. The lowest BCUT2D eigenvalue weighted by atomic mass is 9.67. The van der Waals surface area contributed by atoms with E-state index in [1.54, 1.807) is 0 Å². The Morgan fingerprint density at radius 1 is 1.36 bits per heavy atom. The first-order valence-corrected chi connectivity index (χ1v) is 8.67. The molecule has 2 N–H and O–H groups in total. The Morgan fingerprint density at radius 3 is 2.73 bits per heavy atom. The van der Waals surface area contributed by atoms with Crippen molar-refractivity contribution in [3.8, 4) is 0 Å². The van der Waals surface area contributed by atoms with Gasteiger partial charge in [-0.05, 0) is 43.6 Å². The number of hydrogen-bond donors (Lipinski definition) is 2. The van der Waals surface area contributed by atoms with Crippen molar-refractivity contribution < 1.29 is 0 Å². The van der Waals surface area contributed by atoms with Crippen molar-refractivity contribution in [2.45, 2.75) is 53.0 Å². The van der Waals surface area contributed by atoms with E-state index in [4.69, 9.17) is 4.99 Å². The highest BCUT2D eigenvalue weighted by molar-refractivity contribution is 5.79. The van der Waals surface area contributed by atoms with Gasteiger partial charge in [0, 0.05) is 38.6 Å². The van der Waals surface area contributed by atoms with Gasteiger partial charge in [-0.15, -0.1) is 0 Å². The van der Waals surface area contributed by atoms with Crippen LogP contribution in [0.2, 0.25) is 0 Å². The average Bonchev–Trinajstić information content (AvgIpc) is 2.96. The molecule has 0 amide bonds. The van der Waals surface area contributed by atoms with E-state index in [-0.39, 0.29) is 0 Å². The van der Waals surface area contributed by atoms with Crippen molar-refractivity contribution >= 4 is 5.96 Å². The summed E-state index contributed by atoms with van der Waals surface area (Å²) in [6.07, 6.45) is 9.12. The molecule has 0 saturated heterocycles. The van der Waals surface area contributed by atoms with Crippen LogP contribution in [0, 0.1) is 11.3 Å². The standard InChI is InChI=1S/C17H31N5/c1-4-17(8-6-9-17)14-20-16(18-5-2)19-12-15(3)13-22-11-7-10-21-22/h7,10-11,15H,4-6,8-9,12-14H2,1-3H3,(H2,18,19,20). The molecule has 124 valence electrons. The van der Waals surface area contributed by atoms with Gasteiger partial charge in [0.25, 0.3) is 0 Å². The van der Waals surface area contributed by atoms with Crippen LogP contribution in [0.3, 0.4) is 0 Å². The number of aromatic nitrogens is 2. The van der Waals surface area contributed by atoms with E-state index in [1.807, 2.05) is 23.1 Å². The summed E-state index contributed by atoms with van der Waals surface area (Å²) < 4.78 is 1.98. The zero-order chi connectivity index (χ0) is 15.8. The van der Waals surface area contributed by atoms with E-state index in [0.29, 0.717) is 11.3 Å². The average molecular weight is 305 g/mol. The molecule has 1 aromatic rings. The zero-order valence-electron chi connectivity index (χ0n) is 14.3. The number of nitrogens with one attached hydrogen (secondary N) is 2. The lowest BCUT2D eigenvalue weighted by Gasteiger charge is -2.40. The summed E-state index contributed by atoms with van der Waals surface area (Å²) >= 11 is 0. The second-order valence-corrected chi connectivity index (χ2v) is 6.62. The number of aliphatic imine (C=N–C) groups is 1. The Balaban J connectivity index is 1.80. The number of hydrogen-bond acceptors (Lipinski definition) is 2. The van der Waals surface area contributed by atoms with Gasteiger partial charge in [-0.25, -0.2) is 0 Å². The molecule has 1 aliphatic rings. The molecule has 0 bridgehead atoms. The van der Waals surface area contributed by atoms with Gasteiger partial charge in [0.05, 0.1) is 0 Å². The van der Waals surface area contributed by atoms with Crippen LogP contribution < -0.4 is 10.6 Å². The van der Waals surface area contributed by atoms with Crippen molar-refractivity contribution in [1.82, 2.24) is 20.4 Å². The fraction of sp³-hybridized carbons (Fsp3) is 0.765. The molecule has 2 rings (SSSR count). The highest BCUT2D eigenvalue weighted by Gasteiger charge is 2.34. The molecule has 1 saturated carbocycles. The molecular formula is C17H31N5. The maximum Gasteiger partial charge on any atom is 0.191 e. The molecule has 1 unspecified atom stereocenters. The summed E-state index contributed by atoms with van der Waals surface area (Å²) in [5.41, 5.74) is 0.475. The molecule has 1 aromatic heterocycles. The Labute approximate surface area is 134 Å². The van der Waals surface area contributed by atoms with Gasteiger partial charge in [-0.3, -0.25) is 9.67 Å². The van der Waals surface area contributed by atoms with Crippen LogP contribution in [0.25, 0.3) is 0 Å². The first-order chi connectivity index (χ1) is 10.7. The second-order valence-electron chi connectivity index (χ2n) is 6.62. The summed E-state index contributed by atoms with van der Waals surface area (Å²) in [5.74, 6) is 1.46. The maximum atomic E-state index is 4.82. The SMILES string of the molecule is CCNC(=NCC1(CC)CCC1)NCC(C)Cn1cccn1. The molecule has 0 aromatic carbocycles. The van der Waals surface area contributed by atoms with Crippen molar-refractivity contribution in [3.63, 3.8) is 0 Å². The van der Waals surface area contributed by atoms with Gasteiger partial charge in [0.2, 0.25) is 0 Å². The first-order valence-electron chi connectivity index (χ1n) is 8.67. The fourth-order valence-corrected chi connectivity index (χ4v) is 2.95. The first kappa shape index (κ1) is 16.8. The minimum atomic E-state index is 0.475. The highest BCUT2D eigenvalue weighted by atomic mass is 15.3. The summed E-state index contributed by atoms with van der Waals surface area (Å²) in [5, 5.41) is 11.1. The third kappa shape index (κ3) is 4.75. The predicted molar refractivity (Wildman–Crippen MR) is 91.9 cm³/mol. The smallest absolute Gasteiger partial charge is 0.191 e. The molecule has 0 spiro atoms. The Hall–Kier alpha value is -1.52. The molecule has 0 aliphatic heterocycles. The van der Waals surface area contributed by atoms with E-state index in [0.717, 1.165) is 32.1 Å². The molecule has 1 fully saturated rings. The summed E-state index contributed by atoms with van der Waals surface area (Å²) in [7, 11) is 0. The maximum absolute atomic E-state index is 4.82. The monoisotopic (exact) mass is 305 g/mol. The largest absolute Gasteiger partial charge is 0.357 e. The normalized spacial score (nSPS) is 18.6. The summed E-state index contributed by atoms with van der Waals surface area (Å²) in [6.45, 7) is 10.3. The number of nitrogens with zero attached hydrogens (tertiary/aromatic N) is 3. The number of guanidine groups is 1. The molecule has 1 heterocycles. The zero-order valence-corrected chi connectivity index (χ0v) is 14.3. The lowest BCUT2D eigenvalue weighted by Crippen LogP contribution is -2.41. The topological polar surface area (TPSA) is 54.2 Å². The van der Waals surface area contributed by atoms with Crippen LogP contribution in [-0.2, 0) is 6.54 Å². The van der Waals surface area contributed by atoms with Gasteiger partial charge >= 0.3 is 0 Å². The van der Waals surface area contributed by atoms with Gasteiger partial charge in [-0.1, -0.05) is 20.3 Å². The molecule has 5 heteroatoms. The summed E-state index contributed by atoms with van der Waals surface area (Å²) in [6, 6.07) is 1.97. The van der Waals surface area contributed by atoms with Gasteiger partial charge < -0.3 is 10.6 Å². The van der Waals surface area contributed by atoms with Crippen molar-refractivity contribution in [3.05, 3.63) is 18.5 Å². The quantitative estimate of drug-likeness (QED) is 0.573. The minimum absolute atomic E-state index is 0.475. The molecule has 1 aliphatic carbocycles. The van der Waals surface area contributed by atoms with E-state index in [9.17, 15) is 0 Å². The minimum Gasteiger partial charge on any atom is -0.357 e. The molecular weight excluding hydrogens is 274 g/mol. The summed E-state index contributed by atoms with van der Waals surface area (Å²) in [4.78, 5) is 4.82. The molecule has 1 atom stereocenters. The fourth-order valence-electron chi connectivity index (χ4n) is 2.95. The van der Waals surface area contributed by atoms with E-state index >= 15 is 0 Å². The highest BCUT2D eigenvalue weighted by Crippen LogP contribution is 2.43. The Bertz CT molecular complexity index is 442. The number of rotatable bonds is 8. The predicted octanol–water partition coefficient (Wildman–Crippen LogP) is 2.65. The van der Waals surface area contributed by atoms with Crippen LogP contribution in [0.1, 0.15) is 46.5 Å². The van der Waals surface area contributed by atoms with Crippen LogP contribution in [0.4, 0.5) is 0 Å². The van der Waals surface area contributed by atoms with E-state index < -0.39 is 0 Å². The van der Waals surface area contributed by atoms with Crippen molar-refractivity contribution in [2.75, 3.05) is 19.6 Å². The van der Waals surface area contributed by atoms with Crippen LogP contribution in [-0.4, -0.2) is 35.4 Å². The van der Waals surface area contributed by atoms with Crippen molar-refractivity contribution in [1.29, 1.82) is 0 Å². The Kier molecular flexibility index (Phi) is 6.28. The van der Waals surface area contributed by atoms with E-state index in [2.05, 4.69) is 36.5 Å². The van der Waals surface area contributed by atoms with Crippen molar-refractivity contribution in [2.24, 2.45) is 16.3 Å². The lowest BCUT2D eigenvalue weighted by molar-refractivity contribution is 0.139. The molecule has 22 heavy (non-hydrogen) atoms. The van der Waals surface area contributed by atoms with Crippen LogP contribution in [0.5, 0.6) is 0 Å². The second kappa shape index (κ2) is 8.20. The third-order valence-electron chi connectivity index (χ3n) is 4.76. The van der Waals surface area contributed by atoms with Crippen LogP contribution >= 0.6 is 0 Å². The Morgan fingerprint density at radius 2 is 2.18 bits per heavy atom. The van der Waals surface area contributed by atoms with E-state index in [1.165, 1.54) is 25.7 Å². The molecule has 5 nitrogen and oxygen atoms in total. The van der Waals surface area contributed by atoms with Crippen LogP contribution in [0.15, 0.2) is 23.5 Å². The third-order valence-corrected chi connectivity index (χ3v) is 4.76. The van der Waals surface area contributed by atoms with Gasteiger partial charge in [0.1, 0.15) is 0 Å². The van der Waals surface area contributed by atoms with Gasteiger partial charge in [-0.2, -0.15) is 5.10 Å².